The molecule has 128 valence electrons. The Kier molecular flexibility index (Phi) is 4.18. The van der Waals surface area contributed by atoms with Crippen LogP contribution in [0, 0.1) is 10.1 Å². The summed E-state index contributed by atoms with van der Waals surface area (Å²) in [7, 11) is 0. The molecule has 0 bridgehead atoms. The van der Waals surface area contributed by atoms with Crippen LogP contribution in [-0.2, 0) is 0 Å². The van der Waals surface area contributed by atoms with Crippen LogP contribution in [0.15, 0.2) is 53.0 Å². The molecular formula is C17H15BrN4O2S. The average Bonchev–Trinajstić information content (AvgIpc) is 3.18. The molecule has 0 amide bonds. The number of benzene rings is 2. The van der Waals surface area contributed by atoms with Gasteiger partial charge in [0.15, 0.2) is 5.11 Å². The average molecular weight is 419 g/mol. The molecule has 2 aromatic rings. The number of nitro groups is 1. The first-order chi connectivity index (χ1) is 12.1. The summed E-state index contributed by atoms with van der Waals surface area (Å²) in [6.07, 6.45) is 1.03. The van der Waals surface area contributed by atoms with E-state index in [0.717, 1.165) is 40.3 Å². The summed E-state index contributed by atoms with van der Waals surface area (Å²) in [6.45, 7) is 1.83. The number of thiocarbonyl (C=S) groups is 1. The summed E-state index contributed by atoms with van der Waals surface area (Å²) in [5, 5.41) is 16.1. The lowest BCUT2D eigenvalue weighted by Crippen LogP contribution is -2.32. The first kappa shape index (κ1) is 16.4. The third kappa shape index (κ3) is 2.80. The molecule has 0 saturated carbocycles. The normalized spacial score (nSPS) is 20.2. The van der Waals surface area contributed by atoms with E-state index < -0.39 is 0 Å². The molecule has 2 aliphatic rings. The Morgan fingerprint density at radius 2 is 1.76 bits per heavy atom. The van der Waals surface area contributed by atoms with Gasteiger partial charge < -0.3 is 0 Å². The third-order valence-corrected chi connectivity index (χ3v) is 5.46. The van der Waals surface area contributed by atoms with Crippen LogP contribution < -0.4 is 4.90 Å². The third-order valence-electron chi connectivity index (χ3n) is 4.53. The smallest absolute Gasteiger partial charge is 0.269 e. The van der Waals surface area contributed by atoms with Gasteiger partial charge in [-0.05, 0) is 48.5 Å². The molecule has 2 fully saturated rings. The van der Waals surface area contributed by atoms with Crippen LogP contribution >= 0.6 is 28.1 Å². The van der Waals surface area contributed by atoms with Crippen molar-refractivity contribution in [3.63, 3.8) is 0 Å². The molecule has 0 radical (unpaired) electrons. The van der Waals surface area contributed by atoms with Crippen molar-refractivity contribution in [1.82, 2.24) is 10.0 Å². The van der Waals surface area contributed by atoms with Crippen LogP contribution in [0.5, 0.6) is 0 Å². The predicted octanol–water partition coefficient (Wildman–Crippen LogP) is 4.08. The summed E-state index contributed by atoms with van der Waals surface area (Å²) < 4.78 is 1.02. The maximum Gasteiger partial charge on any atom is 0.269 e. The van der Waals surface area contributed by atoms with Gasteiger partial charge in [-0.15, -0.1) is 0 Å². The summed E-state index contributed by atoms with van der Waals surface area (Å²) >= 11 is 9.19. The molecule has 0 aromatic heterocycles. The molecule has 25 heavy (non-hydrogen) atoms. The Balaban J connectivity index is 1.76. The zero-order valence-corrected chi connectivity index (χ0v) is 15.6. The summed E-state index contributed by atoms with van der Waals surface area (Å²) in [6, 6.07) is 14.8. The molecule has 0 unspecified atom stereocenters. The van der Waals surface area contributed by atoms with Crippen molar-refractivity contribution in [2.45, 2.75) is 12.6 Å². The fourth-order valence-electron chi connectivity index (χ4n) is 3.40. The first-order valence-corrected chi connectivity index (χ1v) is 9.13. The standard InChI is InChI=1S/C17H15BrN4O2S/c18-13-4-2-12(3-5-13)16-19-10-1-11-20(19)17(25)21(16)14-6-8-15(9-7-14)22(23)24/h2-9,16H,1,10-11H2/t16-/m0/s1. The number of hydrogen-bond acceptors (Lipinski definition) is 4. The molecule has 6 nitrogen and oxygen atoms in total. The van der Waals surface area contributed by atoms with Crippen molar-refractivity contribution < 1.29 is 4.92 Å². The highest BCUT2D eigenvalue weighted by atomic mass is 79.9. The zero-order chi connectivity index (χ0) is 17.6. The molecule has 2 aliphatic heterocycles. The molecule has 2 heterocycles. The molecule has 0 aliphatic carbocycles. The Hall–Kier alpha value is -2.03. The minimum Gasteiger partial charge on any atom is -0.296 e. The molecular weight excluding hydrogens is 404 g/mol. The van der Waals surface area contributed by atoms with Crippen molar-refractivity contribution in [1.29, 1.82) is 0 Å². The summed E-state index contributed by atoms with van der Waals surface area (Å²) in [5.74, 6) is 0. The van der Waals surface area contributed by atoms with Gasteiger partial charge in [-0.25, -0.2) is 0 Å². The fourth-order valence-corrected chi connectivity index (χ4v) is 4.06. The van der Waals surface area contributed by atoms with E-state index in [2.05, 4.69) is 43.0 Å². The van der Waals surface area contributed by atoms with Gasteiger partial charge in [0, 0.05) is 35.4 Å². The highest BCUT2D eigenvalue weighted by Crippen LogP contribution is 2.41. The van der Waals surface area contributed by atoms with Crippen LogP contribution in [0.2, 0.25) is 0 Å². The zero-order valence-electron chi connectivity index (χ0n) is 13.2. The number of hydrogen-bond donors (Lipinski definition) is 0. The number of anilines is 1. The van der Waals surface area contributed by atoms with Gasteiger partial charge in [0.2, 0.25) is 0 Å². The lowest BCUT2D eigenvalue weighted by atomic mass is 10.1. The van der Waals surface area contributed by atoms with Gasteiger partial charge in [0.05, 0.1) is 4.92 Å². The molecule has 2 aromatic carbocycles. The predicted molar refractivity (Wildman–Crippen MR) is 103 cm³/mol. The molecule has 0 spiro atoms. The quantitative estimate of drug-likeness (QED) is 0.425. The van der Waals surface area contributed by atoms with Crippen molar-refractivity contribution in [2.24, 2.45) is 0 Å². The molecule has 4 rings (SSSR count). The van der Waals surface area contributed by atoms with Crippen LogP contribution in [0.25, 0.3) is 0 Å². The second-order valence-corrected chi connectivity index (χ2v) is 7.27. The van der Waals surface area contributed by atoms with Gasteiger partial charge >= 0.3 is 0 Å². The summed E-state index contributed by atoms with van der Waals surface area (Å²) in [4.78, 5) is 12.6. The molecule has 1 atom stereocenters. The van der Waals surface area contributed by atoms with E-state index in [-0.39, 0.29) is 16.8 Å². The van der Waals surface area contributed by atoms with Gasteiger partial charge in [-0.1, -0.05) is 28.1 Å². The highest BCUT2D eigenvalue weighted by Gasteiger charge is 2.45. The highest BCUT2D eigenvalue weighted by molar-refractivity contribution is 9.10. The minimum atomic E-state index is -0.389. The van der Waals surface area contributed by atoms with Gasteiger partial charge in [0.25, 0.3) is 5.69 Å². The van der Waals surface area contributed by atoms with Crippen LogP contribution in [-0.4, -0.2) is 33.1 Å². The minimum absolute atomic E-state index is 0.0374. The van der Waals surface area contributed by atoms with Gasteiger partial charge in [0.1, 0.15) is 6.17 Å². The van der Waals surface area contributed by atoms with Gasteiger partial charge in [-0.2, -0.15) is 5.01 Å². The molecule has 2 saturated heterocycles. The largest absolute Gasteiger partial charge is 0.296 e. The second-order valence-electron chi connectivity index (χ2n) is 5.99. The van der Waals surface area contributed by atoms with Crippen molar-refractivity contribution in [3.05, 3.63) is 68.7 Å². The Morgan fingerprint density at radius 3 is 2.40 bits per heavy atom. The van der Waals surface area contributed by atoms with Gasteiger partial charge in [-0.3, -0.25) is 20.0 Å². The van der Waals surface area contributed by atoms with E-state index in [1.54, 1.807) is 12.1 Å². The van der Waals surface area contributed by atoms with Crippen LogP contribution in [0.1, 0.15) is 18.2 Å². The number of halogens is 1. The van der Waals surface area contributed by atoms with Crippen molar-refractivity contribution >= 4 is 44.6 Å². The Bertz CT molecular complexity index is 828. The SMILES string of the molecule is O=[N+]([O-])c1ccc(N2C(=S)N3CCCN3[C@@H]2c2ccc(Br)cc2)cc1. The Labute approximate surface area is 158 Å². The number of hydrazine groups is 1. The number of nitrogens with zero attached hydrogens (tertiary/aromatic N) is 4. The van der Waals surface area contributed by atoms with E-state index in [1.165, 1.54) is 12.1 Å². The lowest BCUT2D eigenvalue weighted by molar-refractivity contribution is -0.384. The van der Waals surface area contributed by atoms with E-state index in [1.807, 2.05) is 12.1 Å². The van der Waals surface area contributed by atoms with Crippen LogP contribution in [0.4, 0.5) is 11.4 Å². The molecule has 8 heteroatoms. The maximum atomic E-state index is 10.9. The van der Waals surface area contributed by atoms with Crippen LogP contribution in [0.3, 0.4) is 0 Å². The van der Waals surface area contributed by atoms with E-state index >= 15 is 0 Å². The maximum absolute atomic E-state index is 10.9. The first-order valence-electron chi connectivity index (χ1n) is 7.93. The Morgan fingerprint density at radius 1 is 1.08 bits per heavy atom. The number of fused-ring (bicyclic) bond motifs is 1. The van der Waals surface area contributed by atoms with Crippen molar-refractivity contribution in [2.75, 3.05) is 18.0 Å². The van der Waals surface area contributed by atoms with E-state index in [0.29, 0.717) is 0 Å². The lowest BCUT2D eigenvalue weighted by Gasteiger charge is -2.28. The number of rotatable bonds is 3. The molecule has 0 N–H and O–H groups in total. The van der Waals surface area contributed by atoms with Crippen molar-refractivity contribution in [3.8, 4) is 0 Å². The summed E-state index contributed by atoms with van der Waals surface area (Å²) in [5.41, 5.74) is 2.07. The number of nitro benzene ring substituents is 1. The number of non-ortho nitro benzene ring substituents is 1. The van der Waals surface area contributed by atoms with E-state index in [4.69, 9.17) is 12.2 Å². The topological polar surface area (TPSA) is 52.9 Å². The fraction of sp³-hybridized carbons (Fsp3) is 0.235. The second kappa shape index (κ2) is 6.36. The monoisotopic (exact) mass is 418 g/mol. The van der Waals surface area contributed by atoms with E-state index in [9.17, 15) is 10.1 Å².